The monoisotopic (exact) mass is 335 g/mol. The molecule has 0 aliphatic rings. The van der Waals surface area contributed by atoms with Crippen LogP contribution in [0, 0.1) is 6.92 Å². The number of methoxy groups -OCH3 is 1. The molecule has 0 heterocycles. The summed E-state index contributed by atoms with van der Waals surface area (Å²) in [6.45, 7) is 10.1. The van der Waals surface area contributed by atoms with Gasteiger partial charge in [-0.25, -0.2) is 0 Å². The van der Waals surface area contributed by atoms with E-state index in [0.29, 0.717) is 0 Å². The highest BCUT2D eigenvalue weighted by molar-refractivity contribution is 5.97. The van der Waals surface area contributed by atoms with Crippen molar-refractivity contribution >= 4 is 11.6 Å². The summed E-state index contributed by atoms with van der Waals surface area (Å²) in [4.78, 5) is 12.6. The third-order valence-electron chi connectivity index (χ3n) is 4.52. The number of ether oxygens (including phenoxy) is 2. The van der Waals surface area contributed by atoms with Gasteiger partial charge in [-0.2, -0.15) is 0 Å². The zero-order valence-electron chi connectivity index (χ0n) is 16.1. The molecule has 0 saturated heterocycles. The van der Waals surface area contributed by atoms with E-state index in [1.165, 1.54) is 0 Å². The lowest BCUT2D eigenvalue weighted by molar-refractivity contribution is -0.136. The van der Waals surface area contributed by atoms with Crippen molar-refractivity contribution in [2.45, 2.75) is 78.4 Å². The smallest absolute Gasteiger partial charge is 0.256 e. The molecule has 1 aromatic carbocycles. The van der Waals surface area contributed by atoms with E-state index in [9.17, 15) is 4.79 Å². The summed E-state index contributed by atoms with van der Waals surface area (Å²) < 4.78 is 11.4. The van der Waals surface area contributed by atoms with Gasteiger partial charge in [0, 0.05) is 12.8 Å². The van der Waals surface area contributed by atoms with Crippen LogP contribution in [0.5, 0.6) is 5.75 Å². The topological polar surface area (TPSA) is 47.6 Å². The van der Waals surface area contributed by atoms with Gasteiger partial charge in [-0.3, -0.25) is 4.79 Å². The van der Waals surface area contributed by atoms with Crippen LogP contribution in [0.3, 0.4) is 0 Å². The van der Waals surface area contributed by atoms with E-state index in [4.69, 9.17) is 9.47 Å². The molecule has 0 aromatic heterocycles. The van der Waals surface area contributed by atoms with Gasteiger partial charge in [0.2, 0.25) is 0 Å². The highest BCUT2D eigenvalue weighted by Gasteiger charge is 2.32. The van der Waals surface area contributed by atoms with Crippen molar-refractivity contribution in [3.63, 3.8) is 0 Å². The first kappa shape index (κ1) is 20.5. The SMILES string of the molecule is CCCCC[C@](C)(OC)C(=O)Nc1ccc(O[C@H](C)CC)c(C)c1. The first-order chi connectivity index (χ1) is 11.4. The van der Waals surface area contributed by atoms with Gasteiger partial charge in [0.05, 0.1) is 6.10 Å². The van der Waals surface area contributed by atoms with Crippen molar-refractivity contribution in [3.05, 3.63) is 23.8 Å². The Morgan fingerprint density at radius 1 is 1.29 bits per heavy atom. The number of rotatable bonds is 10. The van der Waals surface area contributed by atoms with Crippen LogP contribution in [-0.2, 0) is 9.53 Å². The molecule has 1 amide bonds. The summed E-state index contributed by atoms with van der Waals surface area (Å²) in [6.07, 6.45) is 5.07. The largest absolute Gasteiger partial charge is 0.490 e. The molecule has 1 N–H and O–H groups in total. The number of anilines is 1. The zero-order chi connectivity index (χ0) is 18.2. The molecule has 1 aromatic rings. The number of amides is 1. The van der Waals surface area contributed by atoms with Crippen molar-refractivity contribution in [2.24, 2.45) is 0 Å². The van der Waals surface area contributed by atoms with Crippen molar-refractivity contribution in [3.8, 4) is 5.75 Å². The fourth-order valence-electron chi connectivity index (χ4n) is 2.44. The van der Waals surface area contributed by atoms with Gasteiger partial charge < -0.3 is 14.8 Å². The minimum atomic E-state index is -0.797. The molecular formula is C20H33NO3. The quantitative estimate of drug-likeness (QED) is 0.605. The van der Waals surface area contributed by atoms with E-state index in [-0.39, 0.29) is 12.0 Å². The summed E-state index contributed by atoms with van der Waals surface area (Å²) in [5.74, 6) is 0.760. The van der Waals surface area contributed by atoms with E-state index >= 15 is 0 Å². The van der Waals surface area contributed by atoms with Gasteiger partial charge >= 0.3 is 0 Å². The minimum absolute atomic E-state index is 0.101. The maximum Gasteiger partial charge on any atom is 0.256 e. The second-order valence-electron chi connectivity index (χ2n) is 6.66. The predicted octanol–water partition coefficient (Wildman–Crippen LogP) is 5.10. The van der Waals surface area contributed by atoms with Crippen LogP contribution in [0.1, 0.15) is 65.4 Å². The van der Waals surface area contributed by atoms with Gasteiger partial charge in [-0.15, -0.1) is 0 Å². The summed E-state index contributed by atoms with van der Waals surface area (Å²) in [5, 5.41) is 2.98. The third kappa shape index (κ3) is 5.82. The number of hydrogen-bond donors (Lipinski definition) is 1. The Morgan fingerprint density at radius 2 is 2.00 bits per heavy atom. The first-order valence-corrected chi connectivity index (χ1v) is 9.00. The fraction of sp³-hybridized carbons (Fsp3) is 0.650. The van der Waals surface area contributed by atoms with Crippen LogP contribution in [0.2, 0.25) is 0 Å². The highest BCUT2D eigenvalue weighted by Crippen LogP contribution is 2.26. The lowest BCUT2D eigenvalue weighted by Gasteiger charge is -2.27. The van der Waals surface area contributed by atoms with Crippen molar-refractivity contribution in [1.82, 2.24) is 0 Å². The first-order valence-electron chi connectivity index (χ1n) is 9.00. The molecule has 0 spiro atoms. The van der Waals surface area contributed by atoms with Crippen molar-refractivity contribution in [1.29, 1.82) is 0 Å². The van der Waals surface area contributed by atoms with E-state index < -0.39 is 5.60 Å². The Balaban J connectivity index is 2.76. The normalized spacial score (nSPS) is 14.8. The summed E-state index contributed by atoms with van der Waals surface area (Å²) in [5.41, 5.74) is 0.987. The Labute approximate surface area is 146 Å². The van der Waals surface area contributed by atoms with Crippen LogP contribution in [-0.4, -0.2) is 24.7 Å². The molecule has 1 rings (SSSR count). The van der Waals surface area contributed by atoms with Gasteiger partial charge in [0.15, 0.2) is 0 Å². The molecule has 0 fully saturated rings. The van der Waals surface area contributed by atoms with Crippen LogP contribution in [0.25, 0.3) is 0 Å². The molecule has 0 saturated carbocycles. The zero-order valence-corrected chi connectivity index (χ0v) is 16.1. The standard InChI is InChI=1S/C20H33NO3/c1-7-9-10-13-20(5,23-6)19(22)21-17-11-12-18(15(3)14-17)24-16(4)8-2/h11-12,14,16H,7-10,13H2,1-6H3,(H,21,22)/t16-,20+/m1/s1. The lowest BCUT2D eigenvalue weighted by Crippen LogP contribution is -2.41. The predicted molar refractivity (Wildman–Crippen MR) is 99.7 cm³/mol. The average Bonchev–Trinajstić information content (AvgIpc) is 2.57. The molecule has 0 aliphatic heterocycles. The molecular weight excluding hydrogens is 302 g/mol. The number of carbonyl (C=O) groups excluding carboxylic acids is 1. The fourth-order valence-corrected chi connectivity index (χ4v) is 2.44. The summed E-state index contributed by atoms with van der Waals surface area (Å²) in [6, 6.07) is 5.74. The third-order valence-corrected chi connectivity index (χ3v) is 4.52. The molecule has 4 heteroatoms. The molecule has 136 valence electrons. The molecule has 0 radical (unpaired) electrons. The van der Waals surface area contributed by atoms with Gasteiger partial charge in [0.25, 0.3) is 5.91 Å². The van der Waals surface area contributed by atoms with Crippen molar-refractivity contribution in [2.75, 3.05) is 12.4 Å². The highest BCUT2D eigenvalue weighted by atomic mass is 16.5. The number of hydrogen-bond acceptors (Lipinski definition) is 3. The summed E-state index contributed by atoms with van der Waals surface area (Å²) in [7, 11) is 1.60. The number of carbonyl (C=O) groups is 1. The second kappa shape index (κ2) is 9.67. The van der Waals surface area contributed by atoms with E-state index in [1.54, 1.807) is 7.11 Å². The molecule has 4 nitrogen and oxygen atoms in total. The van der Waals surface area contributed by atoms with E-state index in [0.717, 1.165) is 49.1 Å². The number of unbranched alkanes of at least 4 members (excludes halogenated alkanes) is 2. The second-order valence-corrected chi connectivity index (χ2v) is 6.66. The van der Waals surface area contributed by atoms with Crippen molar-refractivity contribution < 1.29 is 14.3 Å². The van der Waals surface area contributed by atoms with Crippen LogP contribution in [0.15, 0.2) is 18.2 Å². The number of aryl methyl sites for hydroxylation is 1. The Morgan fingerprint density at radius 3 is 2.54 bits per heavy atom. The van der Waals surface area contributed by atoms with Gasteiger partial charge in [0.1, 0.15) is 11.4 Å². The van der Waals surface area contributed by atoms with Crippen LogP contribution >= 0.6 is 0 Å². The molecule has 0 unspecified atom stereocenters. The van der Waals surface area contributed by atoms with Gasteiger partial charge in [-0.05, 0) is 57.4 Å². The molecule has 24 heavy (non-hydrogen) atoms. The number of nitrogens with one attached hydrogen (secondary N) is 1. The lowest BCUT2D eigenvalue weighted by atomic mass is 9.97. The maximum atomic E-state index is 12.6. The maximum absolute atomic E-state index is 12.6. The molecule has 0 bridgehead atoms. The van der Waals surface area contributed by atoms with Crippen LogP contribution in [0.4, 0.5) is 5.69 Å². The minimum Gasteiger partial charge on any atom is -0.490 e. The summed E-state index contributed by atoms with van der Waals surface area (Å²) >= 11 is 0. The van der Waals surface area contributed by atoms with E-state index in [2.05, 4.69) is 26.1 Å². The Hall–Kier alpha value is -1.55. The molecule has 0 aliphatic carbocycles. The van der Waals surface area contributed by atoms with E-state index in [1.807, 2.05) is 32.0 Å². The average molecular weight is 335 g/mol. The van der Waals surface area contributed by atoms with Crippen LogP contribution < -0.4 is 10.1 Å². The Bertz CT molecular complexity index is 530. The number of benzene rings is 1. The Kier molecular flexibility index (Phi) is 8.26. The van der Waals surface area contributed by atoms with Gasteiger partial charge in [-0.1, -0.05) is 33.1 Å². The molecule has 2 atom stereocenters.